The molecule has 2 rings (SSSR count). The van der Waals surface area contributed by atoms with Gasteiger partial charge in [-0.15, -0.1) is 5.10 Å². The lowest BCUT2D eigenvalue weighted by molar-refractivity contribution is 0.0513. The molecule has 0 amide bonds. The molecule has 2 heterocycles. The van der Waals surface area contributed by atoms with Gasteiger partial charge in [-0.25, -0.2) is 0 Å². The first-order chi connectivity index (χ1) is 6.25. The lowest BCUT2D eigenvalue weighted by Crippen LogP contribution is -2.41. The van der Waals surface area contributed by atoms with E-state index in [1.807, 2.05) is 11.8 Å². The van der Waals surface area contributed by atoms with Gasteiger partial charge < -0.3 is 14.1 Å². The zero-order valence-electron chi connectivity index (χ0n) is 7.86. The van der Waals surface area contributed by atoms with Gasteiger partial charge >= 0.3 is 6.01 Å². The molecule has 0 aromatic carbocycles. The molecule has 1 atom stereocenters. The van der Waals surface area contributed by atoms with Crippen molar-refractivity contribution >= 4 is 6.01 Å². The second-order valence-corrected chi connectivity index (χ2v) is 3.23. The second-order valence-electron chi connectivity index (χ2n) is 3.23. The van der Waals surface area contributed by atoms with Crippen molar-refractivity contribution in [3.63, 3.8) is 0 Å². The highest BCUT2D eigenvalue weighted by Crippen LogP contribution is 2.15. The van der Waals surface area contributed by atoms with Crippen LogP contribution in [0, 0.1) is 6.92 Å². The fourth-order valence-corrected chi connectivity index (χ4v) is 1.41. The molecule has 1 aromatic rings. The first-order valence-corrected chi connectivity index (χ1v) is 4.42. The monoisotopic (exact) mass is 183 g/mol. The summed E-state index contributed by atoms with van der Waals surface area (Å²) in [5, 5.41) is 7.75. The second kappa shape index (κ2) is 3.33. The van der Waals surface area contributed by atoms with Crippen LogP contribution in [0.4, 0.5) is 6.01 Å². The quantitative estimate of drug-likeness (QED) is 0.638. The summed E-state index contributed by atoms with van der Waals surface area (Å²) in [7, 11) is 0. The van der Waals surface area contributed by atoms with Crippen LogP contribution in [-0.2, 0) is 4.74 Å². The summed E-state index contributed by atoms with van der Waals surface area (Å²) in [5.41, 5.74) is 0. The minimum absolute atomic E-state index is 0.237. The molecule has 72 valence electrons. The van der Waals surface area contributed by atoms with E-state index in [2.05, 4.69) is 10.2 Å². The Bertz CT molecular complexity index is 287. The maximum atomic E-state index is 5.40. The predicted octanol–water partition coefficient (Wildman–Crippen LogP) is 0.603. The molecule has 0 saturated carbocycles. The SMILES string of the molecule is Cc1nnc(N2CCO[C@H](C)C2)o1. The van der Waals surface area contributed by atoms with E-state index in [1.54, 1.807) is 6.92 Å². The van der Waals surface area contributed by atoms with E-state index in [1.165, 1.54) is 0 Å². The van der Waals surface area contributed by atoms with Crippen molar-refractivity contribution in [2.24, 2.45) is 0 Å². The molecule has 5 heteroatoms. The zero-order valence-corrected chi connectivity index (χ0v) is 7.86. The molecule has 13 heavy (non-hydrogen) atoms. The van der Waals surface area contributed by atoms with Gasteiger partial charge in [-0.2, -0.15) is 0 Å². The number of morpholine rings is 1. The Morgan fingerprint density at radius 2 is 2.31 bits per heavy atom. The van der Waals surface area contributed by atoms with E-state index in [4.69, 9.17) is 9.15 Å². The number of aromatic nitrogens is 2. The van der Waals surface area contributed by atoms with Gasteiger partial charge in [-0.3, -0.25) is 0 Å². The van der Waals surface area contributed by atoms with Crippen LogP contribution in [0.15, 0.2) is 4.42 Å². The number of ether oxygens (including phenoxy) is 1. The van der Waals surface area contributed by atoms with Crippen molar-refractivity contribution < 1.29 is 9.15 Å². The van der Waals surface area contributed by atoms with Crippen LogP contribution >= 0.6 is 0 Å². The van der Waals surface area contributed by atoms with Crippen molar-refractivity contribution in [3.8, 4) is 0 Å². The molecule has 0 spiro atoms. The summed E-state index contributed by atoms with van der Waals surface area (Å²) in [6.07, 6.45) is 0.237. The van der Waals surface area contributed by atoms with Crippen LogP contribution in [0.25, 0.3) is 0 Å². The number of nitrogens with zero attached hydrogens (tertiary/aromatic N) is 3. The summed E-state index contributed by atoms with van der Waals surface area (Å²) in [4.78, 5) is 2.05. The molecular weight excluding hydrogens is 170 g/mol. The molecule has 1 aromatic heterocycles. The third kappa shape index (κ3) is 1.80. The van der Waals surface area contributed by atoms with Crippen LogP contribution in [0.3, 0.4) is 0 Å². The van der Waals surface area contributed by atoms with E-state index in [0.717, 1.165) is 19.7 Å². The number of aryl methyl sites for hydroxylation is 1. The Morgan fingerprint density at radius 3 is 2.92 bits per heavy atom. The Kier molecular flexibility index (Phi) is 2.18. The number of rotatable bonds is 1. The van der Waals surface area contributed by atoms with Crippen LogP contribution < -0.4 is 4.90 Å². The van der Waals surface area contributed by atoms with Gasteiger partial charge in [0.1, 0.15) is 0 Å². The first kappa shape index (κ1) is 8.50. The fourth-order valence-electron chi connectivity index (χ4n) is 1.41. The molecule has 1 aliphatic heterocycles. The van der Waals surface area contributed by atoms with Crippen molar-refractivity contribution in [1.82, 2.24) is 10.2 Å². The van der Waals surface area contributed by atoms with E-state index < -0.39 is 0 Å². The maximum absolute atomic E-state index is 5.40. The van der Waals surface area contributed by atoms with Gasteiger partial charge in [0.2, 0.25) is 5.89 Å². The maximum Gasteiger partial charge on any atom is 0.318 e. The molecule has 0 unspecified atom stereocenters. The van der Waals surface area contributed by atoms with Crippen LogP contribution in [0.2, 0.25) is 0 Å². The van der Waals surface area contributed by atoms with Crippen molar-refractivity contribution in [2.45, 2.75) is 20.0 Å². The average molecular weight is 183 g/mol. The molecule has 0 bridgehead atoms. The van der Waals surface area contributed by atoms with Crippen molar-refractivity contribution in [1.29, 1.82) is 0 Å². The minimum atomic E-state index is 0.237. The normalized spacial score (nSPS) is 23.5. The van der Waals surface area contributed by atoms with Gasteiger partial charge in [-0.05, 0) is 6.92 Å². The van der Waals surface area contributed by atoms with Crippen LogP contribution in [0.5, 0.6) is 0 Å². The molecule has 5 nitrogen and oxygen atoms in total. The molecule has 1 aliphatic rings. The molecule has 0 radical (unpaired) electrons. The smallest absolute Gasteiger partial charge is 0.318 e. The summed E-state index contributed by atoms with van der Waals surface area (Å²) in [6, 6.07) is 0.604. The molecular formula is C8H13N3O2. The topological polar surface area (TPSA) is 51.4 Å². The van der Waals surface area contributed by atoms with E-state index in [-0.39, 0.29) is 6.10 Å². The van der Waals surface area contributed by atoms with Crippen molar-refractivity contribution in [3.05, 3.63) is 5.89 Å². The Balaban J connectivity index is 2.08. The van der Waals surface area contributed by atoms with Gasteiger partial charge in [-0.1, -0.05) is 5.10 Å². The Morgan fingerprint density at radius 1 is 1.46 bits per heavy atom. The third-order valence-corrected chi connectivity index (χ3v) is 2.03. The van der Waals surface area contributed by atoms with Crippen molar-refractivity contribution in [2.75, 3.05) is 24.6 Å². The highest BCUT2D eigenvalue weighted by atomic mass is 16.5. The van der Waals surface area contributed by atoms with Gasteiger partial charge in [0, 0.05) is 20.0 Å². The van der Waals surface area contributed by atoms with Crippen LogP contribution in [0.1, 0.15) is 12.8 Å². The average Bonchev–Trinajstić information content (AvgIpc) is 2.52. The number of hydrogen-bond donors (Lipinski definition) is 0. The first-order valence-electron chi connectivity index (χ1n) is 4.42. The summed E-state index contributed by atoms with van der Waals surface area (Å²) < 4.78 is 10.7. The zero-order chi connectivity index (χ0) is 9.26. The minimum Gasteiger partial charge on any atom is -0.408 e. The summed E-state index contributed by atoms with van der Waals surface area (Å²) in [6.45, 7) is 6.20. The molecule has 1 saturated heterocycles. The summed E-state index contributed by atoms with van der Waals surface area (Å²) in [5.74, 6) is 0.606. The van der Waals surface area contributed by atoms with Gasteiger partial charge in [0.25, 0.3) is 0 Å². The molecule has 0 aliphatic carbocycles. The lowest BCUT2D eigenvalue weighted by Gasteiger charge is -2.29. The largest absolute Gasteiger partial charge is 0.408 e. The van der Waals surface area contributed by atoms with Crippen LogP contribution in [-0.4, -0.2) is 36.0 Å². The fraction of sp³-hybridized carbons (Fsp3) is 0.750. The van der Waals surface area contributed by atoms with E-state index in [0.29, 0.717) is 11.9 Å². The Hall–Kier alpha value is -1.10. The predicted molar refractivity (Wildman–Crippen MR) is 46.7 cm³/mol. The van der Waals surface area contributed by atoms with Gasteiger partial charge in [0.15, 0.2) is 0 Å². The molecule has 1 fully saturated rings. The summed E-state index contributed by atoms with van der Waals surface area (Å²) >= 11 is 0. The Labute approximate surface area is 76.7 Å². The number of hydrogen-bond acceptors (Lipinski definition) is 5. The van der Waals surface area contributed by atoms with Gasteiger partial charge in [0.05, 0.1) is 12.7 Å². The van der Waals surface area contributed by atoms with E-state index >= 15 is 0 Å². The highest BCUT2D eigenvalue weighted by Gasteiger charge is 2.20. The van der Waals surface area contributed by atoms with E-state index in [9.17, 15) is 0 Å². The molecule has 0 N–H and O–H groups in total. The standard InChI is InChI=1S/C8H13N3O2/c1-6-5-11(3-4-12-6)8-10-9-7(2)13-8/h6H,3-5H2,1-2H3/t6-/m1/s1. The number of anilines is 1. The lowest BCUT2D eigenvalue weighted by atomic mass is 10.3. The highest BCUT2D eigenvalue weighted by molar-refractivity contribution is 5.24. The third-order valence-electron chi connectivity index (χ3n) is 2.03.